The quantitative estimate of drug-likeness (QED) is 0.387. The summed E-state index contributed by atoms with van der Waals surface area (Å²) in [6.07, 6.45) is 0.333. The third-order valence-corrected chi connectivity index (χ3v) is 3.89. The van der Waals surface area contributed by atoms with Gasteiger partial charge in [-0.3, -0.25) is 4.84 Å². The monoisotopic (exact) mass is 390 g/mol. The molecule has 132 valence electrons. The number of hydrogen-bond acceptors (Lipinski definition) is 6. The summed E-state index contributed by atoms with van der Waals surface area (Å²) in [5, 5.41) is 10.4. The van der Waals surface area contributed by atoms with Crippen molar-refractivity contribution < 1.29 is 14.2 Å². The molecule has 2 aromatic carbocycles. The fraction of sp³-hybridized carbons (Fsp3) is 0.0588. The number of oxime groups is 1. The second kappa shape index (κ2) is 7.99. The van der Waals surface area contributed by atoms with Crippen LogP contribution in [0.4, 0.5) is 10.8 Å². The summed E-state index contributed by atoms with van der Waals surface area (Å²) in [5.41, 5.74) is 2.25. The third kappa shape index (κ3) is 4.38. The van der Waals surface area contributed by atoms with E-state index in [4.69, 9.17) is 27.7 Å². The number of carbonyl (C=O) groups is 1. The van der Waals surface area contributed by atoms with Gasteiger partial charge in [0.15, 0.2) is 0 Å². The number of hydrogen-bond donors (Lipinski definition) is 1. The van der Waals surface area contributed by atoms with Crippen LogP contribution in [-0.2, 0) is 4.84 Å². The molecule has 1 aromatic heterocycles. The maximum absolute atomic E-state index is 11.7. The van der Waals surface area contributed by atoms with Gasteiger partial charge in [-0.15, -0.1) is 0 Å². The van der Waals surface area contributed by atoms with Crippen molar-refractivity contribution in [2.24, 2.45) is 5.16 Å². The molecule has 0 saturated heterocycles. The van der Waals surface area contributed by atoms with Crippen molar-refractivity contribution in [1.29, 1.82) is 0 Å². The van der Waals surface area contributed by atoms with E-state index in [9.17, 15) is 4.79 Å². The Balaban J connectivity index is 1.61. The highest BCUT2D eigenvalue weighted by Crippen LogP contribution is 2.22. The molecule has 0 unspecified atom stereocenters. The van der Waals surface area contributed by atoms with Gasteiger partial charge in [0.1, 0.15) is 0 Å². The summed E-state index contributed by atoms with van der Waals surface area (Å²) in [5.74, 6) is 0.343. The van der Waals surface area contributed by atoms with Crippen molar-refractivity contribution in [2.75, 3.05) is 5.32 Å². The molecule has 0 spiro atoms. The van der Waals surface area contributed by atoms with Crippen molar-refractivity contribution in [3.63, 3.8) is 0 Å². The smallest absolute Gasteiger partial charge is 0.315 e. The van der Waals surface area contributed by atoms with E-state index in [1.54, 1.807) is 18.2 Å². The minimum atomic E-state index is -0.899. The van der Waals surface area contributed by atoms with E-state index < -0.39 is 6.09 Å². The van der Waals surface area contributed by atoms with Crippen molar-refractivity contribution in [3.8, 4) is 11.4 Å². The Morgan fingerprint density at radius 3 is 2.69 bits per heavy atom. The maximum atomic E-state index is 11.7. The molecule has 3 rings (SSSR count). The Bertz CT molecular complexity index is 952. The zero-order chi connectivity index (χ0) is 18.5. The van der Waals surface area contributed by atoms with Crippen molar-refractivity contribution in [2.45, 2.75) is 6.92 Å². The van der Waals surface area contributed by atoms with E-state index in [0.717, 1.165) is 11.1 Å². The number of aryl methyl sites for hydroxylation is 1. The highest BCUT2D eigenvalue weighted by Gasteiger charge is 2.12. The number of rotatable bonds is 4. The Kier molecular flexibility index (Phi) is 5.50. The molecule has 0 aliphatic rings. The summed E-state index contributed by atoms with van der Waals surface area (Å²) in [6, 6.07) is 12.4. The lowest BCUT2D eigenvalue weighted by molar-refractivity contribution is 0.166. The number of nitrogens with one attached hydrogen (secondary N) is 1. The van der Waals surface area contributed by atoms with E-state index in [0.29, 0.717) is 21.4 Å². The third-order valence-electron chi connectivity index (χ3n) is 3.23. The van der Waals surface area contributed by atoms with Gasteiger partial charge in [-0.05, 0) is 25.1 Å². The van der Waals surface area contributed by atoms with Gasteiger partial charge in [0.05, 0.1) is 16.3 Å². The molecule has 1 amide bonds. The van der Waals surface area contributed by atoms with Crippen LogP contribution in [0.15, 0.2) is 52.1 Å². The second-order valence-electron chi connectivity index (χ2n) is 5.17. The first-order chi connectivity index (χ1) is 12.5. The van der Waals surface area contributed by atoms with Crippen LogP contribution in [0.3, 0.4) is 0 Å². The minimum absolute atomic E-state index is 0.113. The van der Waals surface area contributed by atoms with E-state index in [1.807, 2.05) is 31.2 Å². The van der Waals surface area contributed by atoms with Crippen LogP contribution >= 0.6 is 23.2 Å². The highest BCUT2D eigenvalue weighted by atomic mass is 35.5. The van der Waals surface area contributed by atoms with Crippen LogP contribution in [0, 0.1) is 6.92 Å². The summed E-state index contributed by atoms with van der Waals surface area (Å²) in [6.45, 7) is 1.95. The average Bonchev–Trinajstić information content (AvgIpc) is 3.06. The maximum Gasteiger partial charge on any atom is 0.441 e. The fourth-order valence-corrected chi connectivity index (χ4v) is 2.54. The van der Waals surface area contributed by atoms with Crippen molar-refractivity contribution >= 4 is 41.5 Å². The number of amides is 1. The molecule has 0 radical (unpaired) electrons. The molecule has 7 nitrogen and oxygen atoms in total. The minimum Gasteiger partial charge on any atom is -0.315 e. The number of aromatic nitrogens is 2. The summed E-state index contributed by atoms with van der Waals surface area (Å²) in [4.78, 5) is 20.5. The molecule has 0 fully saturated rings. The Morgan fingerprint density at radius 1 is 1.23 bits per heavy atom. The standard InChI is InChI=1S/C17H12Cl2N4O3/c1-10-4-2-5-11(8-10)15-21-16(25-23-15)22-17(24)26-20-9-12-13(18)6-3-7-14(12)19/h2-9H,1H3,(H,21,22,23,24)/b20-9+. The topological polar surface area (TPSA) is 89.6 Å². The van der Waals surface area contributed by atoms with Gasteiger partial charge in [0.25, 0.3) is 0 Å². The van der Waals surface area contributed by atoms with Gasteiger partial charge in [-0.2, -0.15) is 4.98 Å². The van der Waals surface area contributed by atoms with Gasteiger partial charge in [-0.25, -0.2) is 10.1 Å². The normalized spacial score (nSPS) is 10.9. The van der Waals surface area contributed by atoms with E-state index in [2.05, 4.69) is 25.5 Å². The lowest BCUT2D eigenvalue weighted by atomic mass is 10.1. The first kappa shape index (κ1) is 17.9. The second-order valence-corrected chi connectivity index (χ2v) is 5.98. The molecular weight excluding hydrogens is 379 g/mol. The summed E-state index contributed by atoms with van der Waals surface area (Å²) in [7, 11) is 0. The molecule has 3 aromatic rings. The Hall–Kier alpha value is -2.90. The van der Waals surface area contributed by atoms with Gasteiger partial charge in [0.2, 0.25) is 5.82 Å². The van der Waals surface area contributed by atoms with Gasteiger partial charge in [0, 0.05) is 11.1 Å². The summed E-state index contributed by atoms with van der Waals surface area (Å²) >= 11 is 12.0. The van der Waals surface area contributed by atoms with Crippen LogP contribution in [0.1, 0.15) is 11.1 Å². The zero-order valence-corrected chi connectivity index (χ0v) is 15.0. The van der Waals surface area contributed by atoms with Crippen LogP contribution in [0.5, 0.6) is 0 Å². The van der Waals surface area contributed by atoms with Gasteiger partial charge >= 0.3 is 12.1 Å². The summed E-state index contributed by atoms with van der Waals surface area (Å²) < 4.78 is 4.97. The predicted molar refractivity (Wildman–Crippen MR) is 98.6 cm³/mol. The average molecular weight is 391 g/mol. The fourth-order valence-electron chi connectivity index (χ4n) is 2.05. The molecule has 0 atom stereocenters. The largest absolute Gasteiger partial charge is 0.441 e. The molecule has 0 saturated carbocycles. The Labute approximate surface area is 158 Å². The van der Waals surface area contributed by atoms with Crippen molar-refractivity contribution in [3.05, 3.63) is 63.6 Å². The van der Waals surface area contributed by atoms with Crippen LogP contribution in [-0.4, -0.2) is 22.4 Å². The van der Waals surface area contributed by atoms with Gasteiger partial charge < -0.3 is 4.52 Å². The van der Waals surface area contributed by atoms with Crippen LogP contribution in [0.25, 0.3) is 11.4 Å². The number of benzene rings is 2. The van der Waals surface area contributed by atoms with E-state index in [1.165, 1.54) is 6.21 Å². The molecule has 0 aliphatic heterocycles. The highest BCUT2D eigenvalue weighted by molar-refractivity contribution is 6.38. The van der Waals surface area contributed by atoms with E-state index in [-0.39, 0.29) is 6.01 Å². The lowest BCUT2D eigenvalue weighted by Crippen LogP contribution is -2.11. The number of carbonyl (C=O) groups excluding carboxylic acids is 1. The van der Waals surface area contributed by atoms with Gasteiger partial charge in [-0.1, -0.05) is 63.3 Å². The molecule has 0 aliphatic carbocycles. The molecular formula is C17H12Cl2N4O3. The molecule has 0 bridgehead atoms. The zero-order valence-electron chi connectivity index (χ0n) is 13.4. The molecule has 9 heteroatoms. The number of halogens is 2. The molecule has 26 heavy (non-hydrogen) atoms. The first-order valence-corrected chi connectivity index (χ1v) is 8.14. The number of anilines is 1. The number of nitrogens with zero attached hydrogens (tertiary/aromatic N) is 3. The SMILES string of the molecule is Cc1cccc(-c2noc(NC(=O)O/N=C/c3c(Cl)cccc3Cl)n2)c1. The lowest BCUT2D eigenvalue weighted by Gasteiger charge is -2.00. The predicted octanol–water partition coefficient (Wildman–Crippen LogP) is 4.93. The first-order valence-electron chi connectivity index (χ1n) is 7.39. The van der Waals surface area contributed by atoms with Crippen LogP contribution in [0.2, 0.25) is 10.0 Å². The molecule has 1 heterocycles. The Morgan fingerprint density at radius 2 is 1.96 bits per heavy atom. The van der Waals surface area contributed by atoms with E-state index >= 15 is 0 Å². The van der Waals surface area contributed by atoms with Crippen LogP contribution < -0.4 is 5.32 Å². The molecule has 1 N–H and O–H groups in total. The van der Waals surface area contributed by atoms with Crippen molar-refractivity contribution in [1.82, 2.24) is 10.1 Å².